The first-order valence-electron chi connectivity index (χ1n) is 6.88. The van der Waals surface area contributed by atoms with Crippen molar-refractivity contribution in [1.82, 2.24) is 10.3 Å². The van der Waals surface area contributed by atoms with E-state index in [4.69, 9.17) is 11.6 Å². The van der Waals surface area contributed by atoms with Crippen LogP contribution in [-0.2, 0) is 6.54 Å². The van der Waals surface area contributed by atoms with E-state index in [1.165, 1.54) is 24.3 Å². The van der Waals surface area contributed by atoms with Crippen molar-refractivity contribution in [2.24, 2.45) is 0 Å². The predicted molar refractivity (Wildman–Crippen MR) is 85.0 cm³/mol. The predicted octanol–water partition coefficient (Wildman–Crippen LogP) is 1.83. The van der Waals surface area contributed by atoms with Crippen LogP contribution in [0.1, 0.15) is 17.2 Å². The van der Waals surface area contributed by atoms with Crippen LogP contribution in [-0.4, -0.2) is 32.8 Å². The molecule has 0 saturated carbocycles. The fraction of sp³-hybridized carbons (Fsp3) is 0.267. The highest BCUT2D eigenvalue weighted by atomic mass is 35.5. The van der Waals surface area contributed by atoms with Gasteiger partial charge >= 0.3 is 0 Å². The summed E-state index contributed by atoms with van der Waals surface area (Å²) in [5, 5.41) is 33.8. The minimum Gasteiger partial charge on any atom is -0.395 e. The molecular weight excluding hydrogens is 322 g/mol. The van der Waals surface area contributed by atoms with E-state index in [2.05, 4.69) is 10.3 Å². The number of nitro groups is 1. The summed E-state index contributed by atoms with van der Waals surface area (Å²) in [6.07, 6.45) is 0.600. The maximum atomic E-state index is 10.6. The third-order valence-electron chi connectivity index (χ3n) is 3.38. The summed E-state index contributed by atoms with van der Waals surface area (Å²) < 4.78 is 0. The molecule has 7 nitrogen and oxygen atoms in total. The average Bonchev–Trinajstić information content (AvgIpc) is 2.57. The van der Waals surface area contributed by atoms with Crippen LogP contribution in [0.5, 0.6) is 0 Å². The van der Waals surface area contributed by atoms with E-state index in [1.807, 2.05) is 0 Å². The van der Waals surface area contributed by atoms with Crippen molar-refractivity contribution < 1.29 is 15.1 Å². The number of non-ortho nitro benzene ring substituents is 1. The summed E-state index contributed by atoms with van der Waals surface area (Å²) in [5.41, 5.74) is 1.28. The van der Waals surface area contributed by atoms with E-state index in [0.717, 1.165) is 5.56 Å². The molecule has 0 aliphatic rings. The Morgan fingerprint density at radius 1 is 1.26 bits per heavy atom. The molecular formula is C15H16ClN3O4. The monoisotopic (exact) mass is 337 g/mol. The van der Waals surface area contributed by atoms with Gasteiger partial charge in [-0.25, -0.2) is 4.98 Å². The number of hydrogen-bond donors (Lipinski definition) is 3. The van der Waals surface area contributed by atoms with Crippen LogP contribution < -0.4 is 5.32 Å². The van der Waals surface area contributed by atoms with Crippen LogP contribution in [0.2, 0.25) is 5.15 Å². The van der Waals surface area contributed by atoms with Gasteiger partial charge in [-0.15, -0.1) is 0 Å². The summed E-state index contributed by atoms with van der Waals surface area (Å²) in [4.78, 5) is 14.1. The van der Waals surface area contributed by atoms with E-state index in [-0.39, 0.29) is 12.3 Å². The van der Waals surface area contributed by atoms with Crippen molar-refractivity contribution in [3.63, 3.8) is 0 Å². The van der Waals surface area contributed by atoms with Crippen molar-refractivity contribution in [3.05, 3.63) is 69.0 Å². The molecule has 3 N–H and O–H groups in total. The van der Waals surface area contributed by atoms with E-state index in [9.17, 15) is 20.3 Å². The molecule has 1 aromatic carbocycles. The van der Waals surface area contributed by atoms with Gasteiger partial charge < -0.3 is 15.5 Å². The smallest absolute Gasteiger partial charge is 0.269 e. The molecule has 1 heterocycles. The van der Waals surface area contributed by atoms with Crippen molar-refractivity contribution in [2.45, 2.75) is 18.7 Å². The van der Waals surface area contributed by atoms with E-state index in [1.54, 1.807) is 18.3 Å². The van der Waals surface area contributed by atoms with Crippen LogP contribution in [0.4, 0.5) is 5.69 Å². The summed E-state index contributed by atoms with van der Waals surface area (Å²) in [7, 11) is 0. The number of aliphatic hydroxyl groups is 2. The normalized spacial score (nSPS) is 13.5. The number of halogens is 1. The second-order valence-electron chi connectivity index (χ2n) is 4.95. The first-order chi connectivity index (χ1) is 11.0. The molecule has 0 aliphatic heterocycles. The molecule has 23 heavy (non-hydrogen) atoms. The summed E-state index contributed by atoms with van der Waals surface area (Å²) in [6.45, 7) is 0.0958. The molecule has 0 spiro atoms. The Hall–Kier alpha value is -2.06. The number of benzene rings is 1. The highest BCUT2D eigenvalue weighted by Crippen LogP contribution is 2.20. The number of pyridine rings is 1. The van der Waals surface area contributed by atoms with Crippen molar-refractivity contribution in [1.29, 1.82) is 0 Å². The number of nitrogens with one attached hydrogen (secondary N) is 1. The van der Waals surface area contributed by atoms with Crippen molar-refractivity contribution in [3.8, 4) is 0 Å². The van der Waals surface area contributed by atoms with Crippen LogP contribution >= 0.6 is 11.6 Å². The van der Waals surface area contributed by atoms with Crippen molar-refractivity contribution >= 4 is 17.3 Å². The van der Waals surface area contributed by atoms with Gasteiger partial charge in [-0.1, -0.05) is 17.7 Å². The number of aliphatic hydroxyl groups excluding tert-OH is 2. The Bertz CT molecular complexity index is 649. The minimum atomic E-state index is -0.999. The van der Waals surface area contributed by atoms with Crippen LogP contribution in [0, 0.1) is 10.1 Å². The largest absolute Gasteiger partial charge is 0.395 e. The molecule has 8 heteroatoms. The first-order valence-corrected chi connectivity index (χ1v) is 7.26. The van der Waals surface area contributed by atoms with E-state index in [0.29, 0.717) is 17.3 Å². The Labute approximate surface area is 137 Å². The molecule has 0 saturated heterocycles. The van der Waals surface area contributed by atoms with Crippen LogP contribution in [0.3, 0.4) is 0 Å². The van der Waals surface area contributed by atoms with Gasteiger partial charge in [-0.2, -0.15) is 0 Å². The van der Waals surface area contributed by atoms with Gasteiger partial charge in [-0.05, 0) is 29.3 Å². The Morgan fingerprint density at radius 2 is 1.96 bits per heavy atom. The van der Waals surface area contributed by atoms with Gasteiger partial charge in [0.2, 0.25) is 0 Å². The average molecular weight is 338 g/mol. The third kappa shape index (κ3) is 4.70. The molecule has 0 bridgehead atoms. The standard InChI is InChI=1S/C15H16ClN3O4/c16-14-6-1-10(8-18-14)7-17-13(9-20)15(21)11-2-4-12(5-3-11)19(22)23/h1-6,8,13,15,17,20-21H,7,9H2. The molecule has 2 aromatic rings. The zero-order valence-electron chi connectivity index (χ0n) is 12.1. The summed E-state index contributed by atoms with van der Waals surface area (Å²) in [5.74, 6) is 0. The molecule has 2 atom stereocenters. The second-order valence-corrected chi connectivity index (χ2v) is 5.34. The lowest BCUT2D eigenvalue weighted by Gasteiger charge is -2.22. The number of hydrogen-bond acceptors (Lipinski definition) is 6. The van der Waals surface area contributed by atoms with E-state index >= 15 is 0 Å². The zero-order chi connectivity index (χ0) is 16.8. The molecule has 0 amide bonds. The first kappa shape index (κ1) is 17.3. The summed E-state index contributed by atoms with van der Waals surface area (Å²) in [6, 6.07) is 8.39. The number of rotatable bonds is 7. The lowest BCUT2D eigenvalue weighted by atomic mass is 10.0. The molecule has 0 fully saturated rings. The fourth-order valence-electron chi connectivity index (χ4n) is 2.06. The molecule has 0 aliphatic carbocycles. The van der Waals surface area contributed by atoms with Gasteiger partial charge in [-0.3, -0.25) is 10.1 Å². The van der Waals surface area contributed by atoms with Gasteiger partial charge in [0.1, 0.15) is 5.15 Å². The van der Waals surface area contributed by atoms with Gasteiger partial charge in [0.05, 0.1) is 23.7 Å². The number of nitrogens with zero attached hydrogens (tertiary/aromatic N) is 2. The molecule has 2 rings (SSSR count). The maximum absolute atomic E-state index is 10.6. The molecule has 122 valence electrons. The molecule has 1 aromatic heterocycles. The zero-order valence-corrected chi connectivity index (χ0v) is 12.8. The highest BCUT2D eigenvalue weighted by Gasteiger charge is 2.20. The fourth-order valence-corrected chi connectivity index (χ4v) is 2.17. The molecule has 2 unspecified atom stereocenters. The highest BCUT2D eigenvalue weighted by molar-refractivity contribution is 6.29. The van der Waals surface area contributed by atoms with Gasteiger partial charge in [0.25, 0.3) is 5.69 Å². The minimum absolute atomic E-state index is 0.0540. The van der Waals surface area contributed by atoms with Crippen LogP contribution in [0.15, 0.2) is 42.6 Å². The third-order valence-corrected chi connectivity index (χ3v) is 3.60. The van der Waals surface area contributed by atoms with Crippen LogP contribution in [0.25, 0.3) is 0 Å². The lowest BCUT2D eigenvalue weighted by molar-refractivity contribution is -0.384. The Morgan fingerprint density at radius 3 is 2.48 bits per heavy atom. The van der Waals surface area contributed by atoms with Gasteiger partial charge in [0.15, 0.2) is 0 Å². The lowest BCUT2D eigenvalue weighted by Crippen LogP contribution is -2.37. The Balaban J connectivity index is 2.01. The topological polar surface area (TPSA) is 109 Å². The SMILES string of the molecule is O=[N+]([O-])c1ccc(C(O)C(CO)NCc2ccc(Cl)nc2)cc1. The van der Waals surface area contributed by atoms with Crippen molar-refractivity contribution in [2.75, 3.05) is 6.61 Å². The maximum Gasteiger partial charge on any atom is 0.269 e. The van der Waals surface area contributed by atoms with E-state index < -0.39 is 17.1 Å². The summed E-state index contributed by atoms with van der Waals surface area (Å²) >= 11 is 5.71. The molecule has 0 radical (unpaired) electrons. The quantitative estimate of drug-likeness (QED) is 0.404. The number of nitro benzene ring substituents is 1. The van der Waals surface area contributed by atoms with Gasteiger partial charge in [0, 0.05) is 24.9 Å². The number of aromatic nitrogens is 1. The Kier molecular flexibility index (Phi) is 6.00. The second kappa shape index (κ2) is 7.98.